The van der Waals surface area contributed by atoms with Crippen LogP contribution >= 0.6 is 0 Å². The molecule has 0 saturated carbocycles. The lowest BCUT2D eigenvalue weighted by Gasteiger charge is -2.32. The summed E-state index contributed by atoms with van der Waals surface area (Å²) in [6, 6.07) is 24.9. The van der Waals surface area contributed by atoms with E-state index in [1.807, 2.05) is 48.6 Å². The summed E-state index contributed by atoms with van der Waals surface area (Å²) in [6.07, 6.45) is 4.42. The average Bonchev–Trinajstić information content (AvgIpc) is 3.32. The van der Waals surface area contributed by atoms with Crippen molar-refractivity contribution >= 4 is 24.8 Å². The van der Waals surface area contributed by atoms with Gasteiger partial charge in [0, 0.05) is 12.5 Å². The molecule has 190 valence electrons. The minimum Gasteiger partial charge on any atom is -0.449 e. The van der Waals surface area contributed by atoms with Gasteiger partial charge >= 0.3 is 13.2 Å². The Morgan fingerprint density at radius 1 is 0.892 bits per heavy atom. The van der Waals surface area contributed by atoms with Gasteiger partial charge in [-0.1, -0.05) is 84.9 Å². The molecule has 2 aliphatic rings. The van der Waals surface area contributed by atoms with Crippen LogP contribution in [0, 0.1) is 0 Å². The second-order valence-electron chi connectivity index (χ2n) is 10.7. The van der Waals surface area contributed by atoms with Crippen LogP contribution in [0.2, 0.25) is 0 Å². The highest BCUT2D eigenvalue weighted by Gasteiger charge is 2.51. The Hall–Kier alpha value is -3.35. The Labute approximate surface area is 220 Å². The molecule has 3 aromatic carbocycles. The summed E-state index contributed by atoms with van der Waals surface area (Å²) in [5.41, 5.74) is 6.26. The molecule has 37 heavy (non-hydrogen) atoms. The quantitative estimate of drug-likeness (QED) is 0.326. The van der Waals surface area contributed by atoms with E-state index in [1.165, 1.54) is 22.3 Å². The Kier molecular flexibility index (Phi) is 6.97. The summed E-state index contributed by atoms with van der Waals surface area (Å²) >= 11 is 0. The Morgan fingerprint density at radius 3 is 2.05 bits per heavy atom. The Morgan fingerprint density at radius 2 is 1.46 bits per heavy atom. The number of benzene rings is 3. The van der Waals surface area contributed by atoms with Gasteiger partial charge in [-0.15, -0.1) is 0 Å². The minimum absolute atomic E-state index is 0.0678. The first-order chi connectivity index (χ1) is 17.7. The molecule has 1 saturated heterocycles. The van der Waals surface area contributed by atoms with Crippen molar-refractivity contribution in [2.24, 2.45) is 0 Å². The van der Waals surface area contributed by atoms with Gasteiger partial charge in [0.15, 0.2) is 0 Å². The molecule has 0 bridgehead atoms. The number of nitrogens with one attached hydrogen (secondary N) is 1. The number of carbonyl (C=O) groups is 1. The molecule has 0 aromatic heterocycles. The van der Waals surface area contributed by atoms with Crippen LogP contribution in [0.25, 0.3) is 17.2 Å². The molecule has 1 aliphatic heterocycles. The van der Waals surface area contributed by atoms with Crippen molar-refractivity contribution in [3.05, 3.63) is 95.6 Å². The van der Waals surface area contributed by atoms with E-state index in [1.54, 1.807) is 0 Å². The third-order valence-corrected chi connectivity index (χ3v) is 7.70. The van der Waals surface area contributed by atoms with Crippen molar-refractivity contribution in [3.63, 3.8) is 0 Å². The molecule has 0 unspecified atom stereocenters. The normalized spacial score (nSPS) is 17.6. The predicted molar refractivity (Wildman–Crippen MR) is 149 cm³/mol. The summed E-state index contributed by atoms with van der Waals surface area (Å²) in [4.78, 5) is 12.3. The maximum atomic E-state index is 12.3. The SMILES string of the molecule is CC1(C)OB(c2ccc(C=CCCNC(=O)OCC3c4ccccc4-c4ccccc43)cc2)OC1(C)C. The predicted octanol–water partition coefficient (Wildman–Crippen LogP) is 5.93. The largest absolute Gasteiger partial charge is 0.494 e. The summed E-state index contributed by atoms with van der Waals surface area (Å²) in [7, 11) is -0.357. The first-order valence-corrected chi connectivity index (χ1v) is 13.0. The van der Waals surface area contributed by atoms with E-state index >= 15 is 0 Å². The van der Waals surface area contributed by atoms with Crippen LogP contribution in [0.4, 0.5) is 4.79 Å². The summed E-state index contributed by atoms with van der Waals surface area (Å²) in [6.45, 7) is 9.06. The first-order valence-electron chi connectivity index (χ1n) is 13.0. The molecule has 1 fully saturated rings. The van der Waals surface area contributed by atoms with Crippen molar-refractivity contribution < 1.29 is 18.8 Å². The van der Waals surface area contributed by atoms with Gasteiger partial charge < -0.3 is 19.4 Å². The van der Waals surface area contributed by atoms with Gasteiger partial charge in [0.05, 0.1) is 11.2 Å². The second-order valence-corrected chi connectivity index (χ2v) is 10.7. The topological polar surface area (TPSA) is 56.8 Å². The highest BCUT2D eigenvalue weighted by Crippen LogP contribution is 2.44. The lowest BCUT2D eigenvalue weighted by molar-refractivity contribution is 0.00578. The van der Waals surface area contributed by atoms with E-state index in [-0.39, 0.29) is 30.3 Å². The van der Waals surface area contributed by atoms with Crippen LogP contribution in [-0.4, -0.2) is 37.6 Å². The maximum Gasteiger partial charge on any atom is 0.494 e. The highest BCUT2D eigenvalue weighted by molar-refractivity contribution is 6.62. The van der Waals surface area contributed by atoms with Crippen molar-refractivity contribution in [2.75, 3.05) is 13.2 Å². The molecule has 0 spiro atoms. The van der Waals surface area contributed by atoms with Crippen LogP contribution < -0.4 is 10.8 Å². The third-order valence-electron chi connectivity index (χ3n) is 7.70. The Balaban J connectivity index is 1.07. The van der Waals surface area contributed by atoms with Crippen molar-refractivity contribution in [2.45, 2.75) is 51.2 Å². The lowest BCUT2D eigenvalue weighted by atomic mass is 9.79. The summed E-state index contributed by atoms with van der Waals surface area (Å²) in [5, 5.41) is 2.86. The first kappa shape index (κ1) is 25.3. The molecular formula is C31H34BNO4. The summed E-state index contributed by atoms with van der Waals surface area (Å²) < 4.78 is 17.8. The standard InChI is InChI=1S/C31H34BNO4/c1-30(2)31(3,4)37-32(36-30)23-18-16-22(17-19-23)11-9-10-20-33-29(34)35-21-28-26-14-7-5-12-24(26)25-13-6-8-15-27(25)28/h5-9,11-19,28H,10,20-21H2,1-4H3,(H,33,34). The van der Waals surface area contributed by atoms with Gasteiger partial charge in [0.2, 0.25) is 0 Å². The van der Waals surface area contributed by atoms with Crippen LogP contribution in [0.15, 0.2) is 78.9 Å². The zero-order chi connectivity index (χ0) is 26.0. The monoisotopic (exact) mass is 495 g/mol. The van der Waals surface area contributed by atoms with E-state index in [4.69, 9.17) is 14.0 Å². The van der Waals surface area contributed by atoms with Crippen molar-refractivity contribution in [3.8, 4) is 11.1 Å². The third kappa shape index (κ3) is 5.22. The molecule has 1 aliphatic carbocycles. The highest BCUT2D eigenvalue weighted by atomic mass is 16.7. The van der Waals surface area contributed by atoms with Crippen LogP contribution in [0.3, 0.4) is 0 Å². The molecule has 0 atom stereocenters. The minimum atomic E-state index is -0.387. The fourth-order valence-electron chi connectivity index (χ4n) is 4.87. The smallest absolute Gasteiger partial charge is 0.449 e. The van der Waals surface area contributed by atoms with Crippen molar-refractivity contribution in [1.82, 2.24) is 5.32 Å². The molecule has 0 radical (unpaired) electrons. The molecular weight excluding hydrogens is 461 g/mol. The van der Waals surface area contributed by atoms with E-state index in [9.17, 15) is 4.79 Å². The number of ether oxygens (including phenoxy) is 1. The summed E-state index contributed by atoms with van der Waals surface area (Å²) in [5.74, 6) is 0.0678. The van der Waals surface area contributed by atoms with Crippen LogP contribution in [0.1, 0.15) is 56.7 Å². The van der Waals surface area contributed by atoms with E-state index < -0.39 is 0 Å². The molecule has 1 amide bonds. The number of carbonyl (C=O) groups excluding carboxylic acids is 1. The number of amides is 1. The molecule has 6 heteroatoms. The van der Waals surface area contributed by atoms with Gasteiger partial charge in [-0.05, 0) is 67.4 Å². The zero-order valence-corrected chi connectivity index (χ0v) is 22.0. The molecule has 1 N–H and O–H groups in total. The molecule has 5 rings (SSSR count). The molecule has 5 nitrogen and oxygen atoms in total. The molecule has 1 heterocycles. The second kappa shape index (κ2) is 10.2. The molecule has 3 aromatic rings. The number of rotatable bonds is 7. The fourth-order valence-corrected chi connectivity index (χ4v) is 4.87. The zero-order valence-electron chi connectivity index (χ0n) is 22.0. The van der Waals surface area contributed by atoms with Crippen LogP contribution in [-0.2, 0) is 14.0 Å². The average molecular weight is 495 g/mol. The van der Waals surface area contributed by atoms with E-state index in [0.29, 0.717) is 19.6 Å². The van der Waals surface area contributed by atoms with Gasteiger partial charge in [0.25, 0.3) is 0 Å². The fraction of sp³-hybridized carbons (Fsp3) is 0.323. The number of hydrogen-bond donors (Lipinski definition) is 1. The van der Waals surface area contributed by atoms with Crippen LogP contribution in [0.5, 0.6) is 0 Å². The number of fused-ring (bicyclic) bond motifs is 3. The van der Waals surface area contributed by atoms with Crippen molar-refractivity contribution in [1.29, 1.82) is 0 Å². The van der Waals surface area contributed by atoms with Gasteiger partial charge in [-0.3, -0.25) is 0 Å². The van der Waals surface area contributed by atoms with Gasteiger partial charge in [0.1, 0.15) is 6.61 Å². The van der Waals surface area contributed by atoms with Gasteiger partial charge in [-0.2, -0.15) is 0 Å². The van der Waals surface area contributed by atoms with Gasteiger partial charge in [-0.25, -0.2) is 4.79 Å². The lowest BCUT2D eigenvalue weighted by Crippen LogP contribution is -2.41. The number of hydrogen-bond acceptors (Lipinski definition) is 4. The van der Waals surface area contributed by atoms with E-state index in [0.717, 1.165) is 11.0 Å². The maximum absolute atomic E-state index is 12.3. The van der Waals surface area contributed by atoms with E-state index in [2.05, 4.69) is 69.4 Å². The number of alkyl carbamates (subject to hydrolysis) is 1. The Bertz CT molecular complexity index is 1240.